The molecule has 0 bridgehead atoms. The molecule has 0 aromatic carbocycles. The summed E-state index contributed by atoms with van der Waals surface area (Å²) in [5.41, 5.74) is 0. The minimum Gasteiger partial charge on any atom is -0.462 e. The summed E-state index contributed by atoms with van der Waals surface area (Å²) < 4.78 is 16.4. The maximum Gasteiger partial charge on any atom is 0.306 e. The zero-order valence-corrected chi connectivity index (χ0v) is 29.1. The van der Waals surface area contributed by atoms with Crippen LogP contribution in [0.5, 0.6) is 0 Å². The molecule has 258 valence electrons. The zero-order chi connectivity index (χ0) is 33.1. The van der Waals surface area contributed by atoms with E-state index in [1.165, 1.54) is 51.4 Å². The lowest BCUT2D eigenvalue weighted by Crippen LogP contribution is -2.30. The van der Waals surface area contributed by atoms with E-state index in [2.05, 4.69) is 57.2 Å². The van der Waals surface area contributed by atoms with E-state index in [0.29, 0.717) is 19.3 Å². The third kappa shape index (κ3) is 32.6. The number of unbranched alkanes of at least 4 members (excludes halogenated alkanes) is 12. The molecule has 0 heterocycles. The van der Waals surface area contributed by atoms with E-state index in [-0.39, 0.29) is 37.5 Å². The Kier molecular flexibility index (Phi) is 32.2. The first-order valence-corrected chi connectivity index (χ1v) is 18.1. The molecule has 0 aromatic heterocycles. The Bertz CT molecular complexity index is 825. The van der Waals surface area contributed by atoms with Crippen molar-refractivity contribution in [3.05, 3.63) is 48.6 Å². The van der Waals surface area contributed by atoms with Crippen LogP contribution in [0.15, 0.2) is 48.6 Å². The van der Waals surface area contributed by atoms with Crippen LogP contribution in [0.3, 0.4) is 0 Å². The number of carbonyl (C=O) groups is 3. The van der Waals surface area contributed by atoms with Crippen molar-refractivity contribution in [1.29, 1.82) is 0 Å². The maximum absolute atomic E-state index is 12.5. The lowest BCUT2D eigenvalue weighted by molar-refractivity contribution is -0.166. The minimum atomic E-state index is -0.790. The summed E-state index contributed by atoms with van der Waals surface area (Å²) in [6.07, 6.45) is 37.0. The second kappa shape index (κ2) is 34.2. The molecule has 6 heteroatoms. The number of ether oxygens (including phenoxy) is 3. The Labute approximate surface area is 276 Å². The molecule has 0 spiro atoms. The molecule has 0 aromatic rings. The average Bonchev–Trinajstić information content (AvgIpc) is 3.03. The molecule has 0 fully saturated rings. The predicted molar refractivity (Wildman–Crippen MR) is 187 cm³/mol. The Morgan fingerprint density at radius 3 is 1.36 bits per heavy atom. The van der Waals surface area contributed by atoms with Gasteiger partial charge in [0.25, 0.3) is 0 Å². The maximum atomic E-state index is 12.5. The van der Waals surface area contributed by atoms with Crippen molar-refractivity contribution in [2.75, 3.05) is 13.2 Å². The molecular formula is C39H66O6. The third-order valence-electron chi connectivity index (χ3n) is 7.36. The summed E-state index contributed by atoms with van der Waals surface area (Å²) in [6, 6.07) is 0. The monoisotopic (exact) mass is 630 g/mol. The fourth-order valence-electron chi connectivity index (χ4n) is 4.63. The molecular weight excluding hydrogens is 564 g/mol. The molecule has 1 unspecified atom stereocenters. The molecule has 0 aliphatic heterocycles. The van der Waals surface area contributed by atoms with Crippen LogP contribution in [0.4, 0.5) is 0 Å². The topological polar surface area (TPSA) is 78.9 Å². The zero-order valence-electron chi connectivity index (χ0n) is 29.1. The third-order valence-corrected chi connectivity index (χ3v) is 7.36. The highest BCUT2D eigenvalue weighted by Gasteiger charge is 2.19. The Morgan fingerprint density at radius 2 is 0.867 bits per heavy atom. The Balaban J connectivity index is 4.45. The van der Waals surface area contributed by atoms with Gasteiger partial charge in [0.1, 0.15) is 13.2 Å². The molecule has 0 aliphatic carbocycles. The lowest BCUT2D eigenvalue weighted by atomic mass is 10.1. The van der Waals surface area contributed by atoms with Gasteiger partial charge in [-0.05, 0) is 44.9 Å². The van der Waals surface area contributed by atoms with Crippen molar-refractivity contribution in [3.8, 4) is 0 Å². The van der Waals surface area contributed by atoms with E-state index < -0.39 is 6.10 Å². The smallest absolute Gasteiger partial charge is 0.306 e. The van der Waals surface area contributed by atoms with Crippen LogP contribution in [0.2, 0.25) is 0 Å². The van der Waals surface area contributed by atoms with Crippen molar-refractivity contribution in [1.82, 2.24) is 0 Å². The second-order valence-corrected chi connectivity index (χ2v) is 11.8. The fraction of sp³-hybridized carbons (Fsp3) is 0.718. The quantitative estimate of drug-likeness (QED) is 0.0328. The summed E-state index contributed by atoms with van der Waals surface area (Å²) in [4.78, 5) is 37.1. The molecule has 0 rings (SSSR count). The normalized spacial score (nSPS) is 12.5. The van der Waals surface area contributed by atoms with Gasteiger partial charge in [0.2, 0.25) is 0 Å². The summed E-state index contributed by atoms with van der Waals surface area (Å²) in [6.45, 7) is 6.32. The Morgan fingerprint density at radius 1 is 0.467 bits per heavy atom. The van der Waals surface area contributed by atoms with Crippen molar-refractivity contribution in [2.24, 2.45) is 0 Å². The van der Waals surface area contributed by atoms with Crippen LogP contribution in [0.1, 0.15) is 162 Å². The first kappa shape index (κ1) is 42.4. The van der Waals surface area contributed by atoms with Crippen LogP contribution >= 0.6 is 0 Å². The summed E-state index contributed by atoms with van der Waals surface area (Å²) in [7, 11) is 0. The van der Waals surface area contributed by atoms with E-state index in [4.69, 9.17) is 14.2 Å². The molecule has 45 heavy (non-hydrogen) atoms. The van der Waals surface area contributed by atoms with E-state index in [0.717, 1.165) is 64.2 Å². The largest absolute Gasteiger partial charge is 0.462 e. The van der Waals surface area contributed by atoms with Gasteiger partial charge < -0.3 is 14.2 Å². The summed E-state index contributed by atoms with van der Waals surface area (Å²) >= 11 is 0. The van der Waals surface area contributed by atoms with Crippen LogP contribution in [0.25, 0.3) is 0 Å². The standard InChI is InChI=1S/C39H66O6/c1-4-7-10-13-16-17-18-19-20-21-24-26-29-32-38(41)44-35-36(45-39(42)33-30-27-23-15-12-9-6-3)34-43-37(40)31-28-25-22-14-11-8-5-2/h7,10,16-17,19-20,24,26,36H,4-6,8-9,11-15,18,21-23,25,27-35H2,1-3H3/b10-7-,17-16-,20-19-,26-24-. The number of hydrogen-bond acceptors (Lipinski definition) is 6. The summed E-state index contributed by atoms with van der Waals surface area (Å²) in [5.74, 6) is -1.00. The van der Waals surface area contributed by atoms with E-state index in [1.54, 1.807) is 0 Å². The van der Waals surface area contributed by atoms with Gasteiger partial charge >= 0.3 is 17.9 Å². The van der Waals surface area contributed by atoms with Crippen LogP contribution in [-0.4, -0.2) is 37.2 Å². The predicted octanol–water partition coefficient (Wildman–Crippen LogP) is 10.9. The fourth-order valence-corrected chi connectivity index (χ4v) is 4.63. The number of carbonyl (C=O) groups excluding carboxylic acids is 3. The highest BCUT2D eigenvalue weighted by Crippen LogP contribution is 2.12. The van der Waals surface area contributed by atoms with Crippen molar-refractivity contribution in [2.45, 2.75) is 168 Å². The second-order valence-electron chi connectivity index (χ2n) is 11.8. The highest BCUT2D eigenvalue weighted by molar-refractivity contribution is 5.71. The molecule has 0 saturated heterocycles. The van der Waals surface area contributed by atoms with E-state index in [9.17, 15) is 14.4 Å². The number of allylic oxidation sites excluding steroid dienone is 8. The molecule has 1 atom stereocenters. The van der Waals surface area contributed by atoms with Crippen LogP contribution in [-0.2, 0) is 28.6 Å². The van der Waals surface area contributed by atoms with E-state index >= 15 is 0 Å². The van der Waals surface area contributed by atoms with Crippen molar-refractivity contribution in [3.63, 3.8) is 0 Å². The molecule has 0 aliphatic rings. The van der Waals surface area contributed by atoms with Crippen LogP contribution < -0.4 is 0 Å². The number of rotatable bonds is 31. The minimum absolute atomic E-state index is 0.0950. The molecule has 0 radical (unpaired) electrons. The first-order valence-electron chi connectivity index (χ1n) is 18.1. The molecule has 0 N–H and O–H groups in total. The van der Waals surface area contributed by atoms with E-state index in [1.807, 2.05) is 12.2 Å². The summed E-state index contributed by atoms with van der Waals surface area (Å²) in [5, 5.41) is 0. The van der Waals surface area contributed by atoms with Crippen molar-refractivity contribution < 1.29 is 28.6 Å². The lowest BCUT2D eigenvalue weighted by Gasteiger charge is -2.18. The van der Waals surface area contributed by atoms with Gasteiger partial charge in [0.15, 0.2) is 6.10 Å². The number of esters is 3. The molecule has 6 nitrogen and oxygen atoms in total. The average molecular weight is 631 g/mol. The van der Waals surface area contributed by atoms with Gasteiger partial charge in [-0.15, -0.1) is 0 Å². The van der Waals surface area contributed by atoms with Gasteiger partial charge in [-0.3, -0.25) is 14.4 Å². The van der Waals surface area contributed by atoms with Gasteiger partial charge in [-0.2, -0.15) is 0 Å². The molecule has 0 saturated carbocycles. The molecule has 0 amide bonds. The SMILES string of the molecule is CC/C=C\C/C=C\C/C=C\C/C=C\CCC(=O)OCC(COC(=O)CCCCCCCCC)OC(=O)CCCCCCCCC. The Hall–Kier alpha value is -2.63. The number of hydrogen-bond donors (Lipinski definition) is 0. The van der Waals surface area contributed by atoms with Gasteiger partial charge in [-0.1, -0.05) is 146 Å². The highest BCUT2D eigenvalue weighted by atomic mass is 16.6. The first-order chi connectivity index (χ1) is 22.0. The van der Waals surface area contributed by atoms with Gasteiger partial charge in [0, 0.05) is 19.3 Å². The van der Waals surface area contributed by atoms with Crippen LogP contribution in [0, 0.1) is 0 Å². The van der Waals surface area contributed by atoms with Gasteiger partial charge in [-0.25, -0.2) is 0 Å². The van der Waals surface area contributed by atoms with Crippen molar-refractivity contribution >= 4 is 17.9 Å². The van der Waals surface area contributed by atoms with Gasteiger partial charge in [0.05, 0.1) is 0 Å².